The Morgan fingerprint density at radius 1 is 1.11 bits per heavy atom. The summed E-state index contributed by atoms with van der Waals surface area (Å²) in [7, 11) is -1.93. The maximum absolute atomic E-state index is 12.7. The number of benzene rings is 2. The first-order valence-electron chi connectivity index (χ1n) is 8.04. The van der Waals surface area contributed by atoms with Gasteiger partial charge in [0.05, 0.1) is 24.1 Å². The molecule has 1 heterocycles. The van der Waals surface area contributed by atoms with E-state index in [1.54, 1.807) is 25.2 Å². The first kappa shape index (κ1) is 18.6. The Hall–Kier alpha value is -3.20. The van der Waals surface area contributed by atoms with Crippen LogP contribution < -0.4 is 4.72 Å². The molecule has 1 amide bonds. The van der Waals surface area contributed by atoms with Crippen LogP contribution >= 0.6 is 0 Å². The van der Waals surface area contributed by atoms with Crippen molar-refractivity contribution in [3.05, 3.63) is 66.1 Å². The number of aromatic nitrogens is 2. The Bertz CT molecular complexity index is 1050. The first-order chi connectivity index (χ1) is 12.8. The Morgan fingerprint density at radius 3 is 2.48 bits per heavy atom. The number of para-hydroxylation sites is 1. The lowest BCUT2D eigenvalue weighted by Gasteiger charge is -2.17. The van der Waals surface area contributed by atoms with Crippen LogP contribution in [0.3, 0.4) is 0 Å². The molecule has 27 heavy (non-hydrogen) atoms. The number of nitrogens with one attached hydrogen (secondary N) is 1. The van der Waals surface area contributed by atoms with Gasteiger partial charge in [-0.15, -0.1) is 0 Å². The van der Waals surface area contributed by atoms with Gasteiger partial charge in [-0.25, -0.2) is 8.42 Å². The summed E-state index contributed by atoms with van der Waals surface area (Å²) in [5.74, 6) is 0.338. The standard InChI is InChI=1S/C18H18N4O4S/c1-22(12-16-19-17(20-26-16)13-8-4-3-5-9-13)18(23)14-10-6-7-11-15(14)21-27(2,24)25/h3-11,21H,12H2,1-2H3. The minimum atomic E-state index is -3.51. The van der Waals surface area contributed by atoms with Crippen LogP contribution in [0.1, 0.15) is 16.2 Å². The van der Waals surface area contributed by atoms with E-state index in [-0.39, 0.29) is 29.6 Å². The maximum Gasteiger partial charge on any atom is 0.256 e. The quantitative estimate of drug-likeness (QED) is 0.697. The van der Waals surface area contributed by atoms with Crippen molar-refractivity contribution >= 4 is 21.6 Å². The van der Waals surface area contributed by atoms with E-state index in [4.69, 9.17) is 4.52 Å². The molecular formula is C18H18N4O4S. The van der Waals surface area contributed by atoms with Crippen molar-refractivity contribution in [3.8, 4) is 11.4 Å². The molecule has 0 radical (unpaired) electrons. The van der Waals surface area contributed by atoms with Crippen molar-refractivity contribution < 1.29 is 17.7 Å². The Morgan fingerprint density at radius 2 is 1.78 bits per heavy atom. The lowest BCUT2D eigenvalue weighted by molar-refractivity contribution is 0.0770. The smallest absolute Gasteiger partial charge is 0.256 e. The average molecular weight is 386 g/mol. The number of carbonyl (C=O) groups is 1. The molecule has 0 aliphatic carbocycles. The second-order valence-corrected chi connectivity index (χ2v) is 7.71. The fourth-order valence-electron chi connectivity index (χ4n) is 2.46. The van der Waals surface area contributed by atoms with Crippen molar-refractivity contribution in [2.45, 2.75) is 6.54 Å². The number of nitrogens with zero attached hydrogens (tertiary/aromatic N) is 3. The van der Waals surface area contributed by atoms with Crippen LogP contribution in [0.5, 0.6) is 0 Å². The predicted octanol–water partition coefficient (Wildman–Crippen LogP) is 2.38. The number of hydrogen-bond acceptors (Lipinski definition) is 6. The molecular weight excluding hydrogens is 368 g/mol. The van der Waals surface area contributed by atoms with Crippen LogP contribution in [-0.2, 0) is 16.6 Å². The molecule has 0 aliphatic heterocycles. The highest BCUT2D eigenvalue weighted by Crippen LogP contribution is 2.20. The molecule has 9 heteroatoms. The summed E-state index contributed by atoms with van der Waals surface area (Å²) >= 11 is 0. The van der Waals surface area contributed by atoms with Crippen LogP contribution in [0.2, 0.25) is 0 Å². The van der Waals surface area contributed by atoms with Crippen molar-refractivity contribution in [2.24, 2.45) is 0 Å². The fraction of sp³-hybridized carbons (Fsp3) is 0.167. The number of anilines is 1. The highest BCUT2D eigenvalue weighted by molar-refractivity contribution is 7.92. The molecule has 0 saturated heterocycles. The maximum atomic E-state index is 12.7. The molecule has 1 aromatic heterocycles. The summed E-state index contributed by atoms with van der Waals surface area (Å²) in [6.45, 7) is 0.0892. The van der Waals surface area contributed by atoms with Gasteiger partial charge in [0.2, 0.25) is 21.7 Å². The Kier molecular flexibility index (Phi) is 5.22. The van der Waals surface area contributed by atoms with Crippen molar-refractivity contribution in [2.75, 3.05) is 18.0 Å². The van der Waals surface area contributed by atoms with Crippen molar-refractivity contribution in [3.63, 3.8) is 0 Å². The number of carbonyl (C=O) groups excluding carboxylic acids is 1. The monoisotopic (exact) mass is 386 g/mol. The largest absolute Gasteiger partial charge is 0.337 e. The van der Waals surface area contributed by atoms with Crippen molar-refractivity contribution in [1.82, 2.24) is 15.0 Å². The lowest BCUT2D eigenvalue weighted by Crippen LogP contribution is -2.27. The van der Waals surface area contributed by atoms with E-state index in [2.05, 4.69) is 14.9 Å². The van der Waals surface area contributed by atoms with Gasteiger partial charge in [-0.1, -0.05) is 47.6 Å². The highest BCUT2D eigenvalue weighted by Gasteiger charge is 2.19. The minimum Gasteiger partial charge on any atom is -0.337 e. The van der Waals surface area contributed by atoms with Gasteiger partial charge in [0.1, 0.15) is 0 Å². The van der Waals surface area contributed by atoms with Gasteiger partial charge in [0, 0.05) is 12.6 Å². The molecule has 8 nitrogen and oxygen atoms in total. The molecule has 0 unspecified atom stereocenters. The van der Waals surface area contributed by atoms with Gasteiger partial charge >= 0.3 is 0 Å². The summed E-state index contributed by atoms with van der Waals surface area (Å²) in [6.07, 6.45) is 1.03. The fourth-order valence-corrected chi connectivity index (χ4v) is 3.04. The van der Waals surface area contributed by atoms with Crippen LogP contribution in [0.15, 0.2) is 59.1 Å². The molecule has 0 spiro atoms. The summed E-state index contributed by atoms with van der Waals surface area (Å²) in [5, 5.41) is 3.92. The van der Waals surface area contributed by atoms with E-state index >= 15 is 0 Å². The van der Waals surface area contributed by atoms with Crippen LogP contribution in [0.25, 0.3) is 11.4 Å². The Balaban J connectivity index is 1.77. The van der Waals surface area contributed by atoms with Crippen LogP contribution in [0.4, 0.5) is 5.69 Å². The SMILES string of the molecule is CN(Cc1nc(-c2ccccc2)no1)C(=O)c1ccccc1NS(C)(=O)=O. The molecule has 0 aliphatic rings. The van der Waals surface area contributed by atoms with E-state index in [9.17, 15) is 13.2 Å². The van der Waals surface area contributed by atoms with Gasteiger partial charge in [-0.2, -0.15) is 4.98 Å². The molecule has 140 valence electrons. The van der Waals surface area contributed by atoms with E-state index in [0.717, 1.165) is 11.8 Å². The van der Waals surface area contributed by atoms with Gasteiger partial charge in [0.15, 0.2) is 0 Å². The molecule has 0 atom stereocenters. The molecule has 0 saturated carbocycles. The third-order valence-electron chi connectivity index (χ3n) is 3.67. The highest BCUT2D eigenvalue weighted by atomic mass is 32.2. The molecule has 3 rings (SSSR count). The molecule has 3 aromatic rings. The minimum absolute atomic E-state index is 0.0892. The van der Waals surface area contributed by atoms with Gasteiger partial charge < -0.3 is 9.42 Å². The van der Waals surface area contributed by atoms with E-state index in [0.29, 0.717) is 5.82 Å². The normalized spacial score (nSPS) is 11.2. The van der Waals surface area contributed by atoms with Crippen LogP contribution in [-0.4, -0.2) is 42.7 Å². The summed E-state index contributed by atoms with van der Waals surface area (Å²) in [5.41, 5.74) is 1.25. The van der Waals surface area contributed by atoms with E-state index in [1.165, 1.54) is 11.0 Å². The predicted molar refractivity (Wildman–Crippen MR) is 100 cm³/mol. The molecule has 0 bridgehead atoms. The summed E-state index contributed by atoms with van der Waals surface area (Å²) in [4.78, 5) is 18.4. The zero-order chi connectivity index (χ0) is 19.4. The second kappa shape index (κ2) is 7.58. The number of sulfonamides is 1. The van der Waals surface area contributed by atoms with E-state index < -0.39 is 10.0 Å². The third-order valence-corrected chi connectivity index (χ3v) is 4.26. The third kappa shape index (κ3) is 4.70. The zero-order valence-electron chi connectivity index (χ0n) is 14.8. The lowest BCUT2D eigenvalue weighted by atomic mass is 10.1. The van der Waals surface area contributed by atoms with Gasteiger partial charge in [-0.05, 0) is 12.1 Å². The number of hydrogen-bond donors (Lipinski definition) is 1. The number of rotatable bonds is 6. The van der Waals surface area contributed by atoms with Gasteiger partial charge in [-0.3, -0.25) is 9.52 Å². The summed E-state index contributed by atoms with van der Waals surface area (Å²) < 4.78 is 30.6. The zero-order valence-corrected chi connectivity index (χ0v) is 15.6. The number of amides is 1. The summed E-state index contributed by atoms with van der Waals surface area (Å²) in [6, 6.07) is 15.7. The van der Waals surface area contributed by atoms with Crippen LogP contribution in [0, 0.1) is 0 Å². The average Bonchev–Trinajstić information content (AvgIpc) is 3.09. The second-order valence-electron chi connectivity index (χ2n) is 5.96. The van der Waals surface area contributed by atoms with Crippen molar-refractivity contribution in [1.29, 1.82) is 0 Å². The molecule has 2 aromatic carbocycles. The van der Waals surface area contributed by atoms with Gasteiger partial charge in [0.25, 0.3) is 5.91 Å². The Labute approximate surface area is 156 Å². The first-order valence-corrected chi connectivity index (χ1v) is 9.93. The topological polar surface area (TPSA) is 105 Å². The molecule has 1 N–H and O–H groups in total. The van der Waals surface area contributed by atoms with E-state index in [1.807, 2.05) is 30.3 Å². The molecule has 0 fully saturated rings.